The molecular weight excluding hydrogens is 330 g/mol. The van der Waals surface area contributed by atoms with E-state index < -0.39 is 10.0 Å². The summed E-state index contributed by atoms with van der Waals surface area (Å²) in [5.41, 5.74) is 0.343. The summed E-state index contributed by atoms with van der Waals surface area (Å²) in [5.74, 6) is 1.46. The molecule has 1 aliphatic rings. The van der Waals surface area contributed by atoms with Gasteiger partial charge in [-0.1, -0.05) is 13.0 Å². The van der Waals surface area contributed by atoms with E-state index in [0.29, 0.717) is 25.2 Å². The second kappa shape index (κ2) is 6.33. The minimum atomic E-state index is -3.58. The van der Waals surface area contributed by atoms with Gasteiger partial charge in [-0.2, -0.15) is 0 Å². The molecule has 2 heterocycles. The van der Waals surface area contributed by atoms with Gasteiger partial charge in [0.25, 0.3) is 5.91 Å². The standard InChI is InChI=1S/C15H19N5O3S/c1-3-13-17-18-14-10-19(7-8-20(13)14)15(21)11-5-4-6-12(9-11)24(22,23)16-2/h4-6,9,16H,3,7-8,10H2,1-2H3. The highest BCUT2D eigenvalue weighted by atomic mass is 32.2. The third-order valence-corrected chi connectivity index (χ3v) is 5.51. The molecule has 0 atom stereocenters. The number of aromatic nitrogens is 3. The summed E-state index contributed by atoms with van der Waals surface area (Å²) in [7, 11) is -2.24. The largest absolute Gasteiger partial charge is 0.329 e. The predicted molar refractivity (Wildman–Crippen MR) is 86.8 cm³/mol. The van der Waals surface area contributed by atoms with Gasteiger partial charge in [0.2, 0.25) is 10.0 Å². The average molecular weight is 349 g/mol. The Morgan fingerprint density at radius 3 is 2.79 bits per heavy atom. The first-order chi connectivity index (χ1) is 11.5. The SMILES string of the molecule is CCc1nnc2n1CCN(C(=O)c1cccc(S(=O)(=O)NC)c1)C2. The lowest BCUT2D eigenvalue weighted by Crippen LogP contribution is -2.38. The van der Waals surface area contributed by atoms with Crippen molar-refractivity contribution in [3.63, 3.8) is 0 Å². The zero-order chi connectivity index (χ0) is 17.3. The lowest BCUT2D eigenvalue weighted by molar-refractivity contribution is 0.0706. The minimum absolute atomic E-state index is 0.0734. The minimum Gasteiger partial charge on any atom is -0.329 e. The zero-order valence-corrected chi connectivity index (χ0v) is 14.4. The summed E-state index contributed by atoms with van der Waals surface area (Å²) in [4.78, 5) is 14.4. The first kappa shape index (κ1) is 16.6. The molecule has 128 valence electrons. The van der Waals surface area contributed by atoms with Crippen molar-refractivity contribution in [3.05, 3.63) is 41.5 Å². The van der Waals surface area contributed by atoms with E-state index in [4.69, 9.17) is 0 Å². The number of nitrogens with one attached hydrogen (secondary N) is 1. The molecule has 24 heavy (non-hydrogen) atoms. The summed E-state index contributed by atoms with van der Waals surface area (Å²) >= 11 is 0. The fourth-order valence-corrected chi connectivity index (χ4v) is 3.53. The van der Waals surface area contributed by atoms with Crippen molar-refractivity contribution in [1.29, 1.82) is 0 Å². The van der Waals surface area contributed by atoms with Crippen LogP contribution in [0.1, 0.15) is 28.9 Å². The second-order valence-electron chi connectivity index (χ2n) is 5.50. The molecule has 0 fully saturated rings. The number of hydrogen-bond acceptors (Lipinski definition) is 5. The van der Waals surface area contributed by atoms with Crippen LogP contribution >= 0.6 is 0 Å². The monoisotopic (exact) mass is 349 g/mol. The number of hydrogen-bond donors (Lipinski definition) is 1. The highest BCUT2D eigenvalue weighted by molar-refractivity contribution is 7.89. The van der Waals surface area contributed by atoms with E-state index in [1.165, 1.54) is 19.2 Å². The normalized spacial score (nSPS) is 14.5. The number of carbonyl (C=O) groups is 1. The van der Waals surface area contributed by atoms with Crippen molar-refractivity contribution in [3.8, 4) is 0 Å². The van der Waals surface area contributed by atoms with Gasteiger partial charge in [-0.25, -0.2) is 13.1 Å². The van der Waals surface area contributed by atoms with Crippen molar-refractivity contribution >= 4 is 15.9 Å². The molecular formula is C15H19N5O3S. The summed E-state index contributed by atoms with van der Waals surface area (Å²) in [6, 6.07) is 6.04. The lowest BCUT2D eigenvalue weighted by atomic mass is 10.2. The highest BCUT2D eigenvalue weighted by Crippen LogP contribution is 2.18. The van der Waals surface area contributed by atoms with Crippen LogP contribution in [0.3, 0.4) is 0 Å². The smallest absolute Gasteiger partial charge is 0.254 e. The molecule has 1 aromatic carbocycles. The molecule has 0 saturated carbocycles. The first-order valence-corrected chi connectivity index (χ1v) is 9.18. The molecule has 1 amide bonds. The van der Waals surface area contributed by atoms with Crippen molar-refractivity contribution in [2.75, 3.05) is 13.6 Å². The number of aryl methyl sites for hydroxylation is 1. The molecule has 0 unspecified atom stereocenters. The zero-order valence-electron chi connectivity index (χ0n) is 13.6. The molecule has 9 heteroatoms. The van der Waals surface area contributed by atoms with Gasteiger partial charge in [0.05, 0.1) is 11.4 Å². The second-order valence-corrected chi connectivity index (χ2v) is 7.39. The van der Waals surface area contributed by atoms with Crippen LogP contribution in [0, 0.1) is 0 Å². The van der Waals surface area contributed by atoms with E-state index in [1.807, 2.05) is 11.5 Å². The van der Waals surface area contributed by atoms with Gasteiger partial charge < -0.3 is 9.47 Å². The molecule has 0 aliphatic carbocycles. The molecule has 0 saturated heterocycles. The number of benzene rings is 1. The molecule has 3 rings (SSSR count). The maximum Gasteiger partial charge on any atom is 0.254 e. The van der Waals surface area contributed by atoms with Crippen LogP contribution in [0.15, 0.2) is 29.2 Å². The number of nitrogens with zero attached hydrogens (tertiary/aromatic N) is 4. The van der Waals surface area contributed by atoms with Gasteiger partial charge in [-0.05, 0) is 25.2 Å². The van der Waals surface area contributed by atoms with E-state index in [2.05, 4.69) is 14.9 Å². The van der Waals surface area contributed by atoms with Crippen molar-refractivity contribution in [2.45, 2.75) is 31.3 Å². The Morgan fingerprint density at radius 2 is 2.08 bits per heavy atom. The number of rotatable bonds is 4. The van der Waals surface area contributed by atoms with Crippen molar-refractivity contribution < 1.29 is 13.2 Å². The molecule has 1 aliphatic heterocycles. The third-order valence-electron chi connectivity index (χ3n) is 4.09. The van der Waals surface area contributed by atoms with Gasteiger partial charge >= 0.3 is 0 Å². The Kier molecular flexibility index (Phi) is 4.37. The van der Waals surface area contributed by atoms with E-state index in [1.54, 1.807) is 17.0 Å². The molecule has 1 N–H and O–H groups in total. The van der Waals surface area contributed by atoms with E-state index >= 15 is 0 Å². The van der Waals surface area contributed by atoms with Crippen LogP contribution < -0.4 is 4.72 Å². The Hall–Kier alpha value is -2.26. The fraction of sp³-hybridized carbons (Fsp3) is 0.400. The molecule has 1 aromatic heterocycles. The van der Waals surface area contributed by atoms with E-state index in [0.717, 1.165) is 18.1 Å². The van der Waals surface area contributed by atoms with Gasteiger partial charge in [-0.3, -0.25) is 4.79 Å². The number of carbonyl (C=O) groups excluding carboxylic acids is 1. The van der Waals surface area contributed by atoms with Gasteiger partial charge in [-0.15, -0.1) is 10.2 Å². The van der Waals surface area contributed by atoms with E-state index in [-0.39, 0.29) is 10.8 Å². The van der Waals surface area contributed by atoms with Crippen LogP contribution in [0.5, 0.6) is 0 Å². The van der Waals surface area contributed by atoms with E-state index in [9.17, 15) is 13.2 Å². The maximum atomic E-state index is 12.7. The number of sulfonamides is 1. The Labute approximate surface area is 140 Å². The quantitative estimate of drug-likeness (QED) is 0.862. The Morgan fingerprint density at radius 1 is 1.29 bits per heavy atom. The van der Waals surface area contributed by atoms with Crippen LogP contribution in [0.4, 0.5) is 0 Å². The fourth-order valence-electron chi connectivity index (χ4n) is 2.75. The van der Waals surface area contributed by atoms with Gasteiger partial charge in [0.1, 0.15) is 5.82 Å². The maximum absolute atomic E-state index is 12.7. The molecule has 0 radical (unpaired) electrons. The topological polar surface area (TPSA) is 97.2 Å². The summed E-state index contributed by atoms with van der Waals surface area (Å²) in [5, 5.41) is 8.26. The molecule has 0 spiro atoms. The number of amides is 1. The van der Waals surface area contributed by atoms with Crippen LogP contribution in [-0.4, -0.2) is 47.6 Å². The van der Waals surface area contributed by atoms with Crippen LogP contribution in [0.2, 0.25) is 0 Å². The Bertz CT molecular complexity index is 875. The summed E-state index contributed by atoms with van der Waals surface area (Å²) in [6.45, 7) is 3.57. The highest BCUT2D eigenvalue weighted by Gasteiger charge is 2.25. The molecule has 2 aromatic rings. The molecule has 8 nitrogen and oxygen atoms in total. The van der Waals surface area contributed by atoms with Crippen LogP contribution in [0.25, 0.3) is 0 Å². The van der Waals surface area contributed by atoms with Crippen LogP contribution in [-0.2, 0) is 29.5 Å². The summed E-state index contributed by atoms with van der Waals surface area (Å²) < 4.78 is 28.1. The van der Waals surface area contributed by atoms with Gasteiger partial charge in [0, 0.05) is 25.1 Å². The van der Waals surface area contributed by atoms with Gasteiger partial charge in [0.15, 0.2) is 5.82 Å². The number of fused-ring (bicyclic) bond motifs is 1. The predicted octanol–water partition coefficient (Wildman–Crippen LogP) is 0.405. The molecule has 0 bridgehead atoms. The third kappa shape index (κ3) is 2.92. The van der Waals surface area contributed by atoms with Crippen molar-refractivity contribution in [2.24, 2.45) is 0 Å². The average Bonchev–Trinajstić information content (AvgIpc) is 3.03. The summed E-state index contributed by atoms with van der Waals surface area (Å²) in [6.07, 6.45) is 0.796. The first-order valence-electron chi connectivity index (χ1n) is 7.70. The Balaban J connectivity index is 1.84. The lowest BCUT2D eigenvalue weighted by Gasteiger charge is -2.28. The van der Waals surface area contributed by atoms with Crippen molar-refractivity contribution in [1.82, 2.24) is 24.4 Å².